The number of ether oxygens (including phenoxy) is 2. The number of hydrogen-bond donors (Lipinski definition) is 2. The molecule has 0 bridgehead atoms. The molecular weight excluding hydrogens is 376 g/mol. The largest absolute Gasteiger partial charge is 0.493 e. The van der Waals surface area contributed by atoms with Crippen LogP contribution in [0.3, 0.4) is 0 Å². The number of amides is 1. The van der Waals surface area contributed by atoms with Gasteiger partial charge in [0.05, 0.1) is 13.2 Å². The van der Waals surface area contributed by atoms with Gasteiger partial charge in [-0.1, -0.05) is 24.3 Å². The monoisotopic (exact) mass is 404 g/mol. The van der Waals surface area contributed by atoms with Crippen LogP contribution in [0.15, 0.2) is 42.5 Å². The van der Waals surface area contributed by atoms with Crippen LogP contribution in [0.25, 0.3) is 0 Å². The van der Waals surface area contributed by atoms with Gasteiger partial charge in [0.2, 0.25) is 5.91 Å². The fourth-order valence-electron chi connectivity index (χ4n) is 3.41. The highest BCUT2D eigenvalue weighted by molar-refractivity contribution is 5.85. The molecule has 1 aliphatic carbocycles. The Labute approximate surface area is 173 Å². The van der Waals surface area contributed by atoms with E-state index >= 15 is 0 Å². The molecule has 2 aromatic carbocycles. The Balaban J connectivity index is 0.00000280. The van der Waals surface area contributed by atoms with Crippen LogP contribution in [0.2, 0.25) is 0 Å². The van der Waals surface area contributed by atoms with Crippen molar-refractivity contribution in [2.24, 2.45) is 0 Å². The summed E-state index contributed by atoms with van der Waals surface area (Å²) in [4.78, 5) is 12.2. The first-order chi connectivity index (χ1) is 13.2. The van der Waals surface area contributed by atoms with Crippen molar-refractivity contribution in [2.75, 3.05) is 12.8 Å². The van der Waals surface area contributed by atoms with E-state index in [1.165, 1.54) is 12.8 Å². The SMILES string of the molecule is COc1ccc(CNC(=O)CCc2ccccc2N)cc1OC1CCCC1.Cl. The Morgan fingerprint density at radius 1 is 1.14 bits per heavy atom. The molecule has 1 amide bonds. The number of carbonyl (C=O) groups is 1. The molecule has 3 rings (SSSR count). The second-order valence-electron chi connectivity index (χ2n) is 6.99. The van der Waals surface area contributed by atoms with Gasteiger partial charge in [0.25, 0.3) is 0 Å². The number of nitrogens with one attached hydrogen (secondary N) is 1. The van der Waals surface area contributed by atoms with Gasteiger partial charge in [0, 0.05) is 18.7 Å². The maximum absolute atomic E-state index is 12.2. The van der Waals surface area contributed by atoms with Crippen molar-refractivity contribution in [3.05, 3.63) is 53.6 Å². The fourth-order valence-corrected chi connectivity index (χ4v) is 3.41. The summed E-state index contributed by atoms with van der Waals surface area (Å²) in [5.74, 6) is 1.50. The predicted octanol–water partition coefficient (Wildman–Crippen LogP) is 4.27. The van der Waals surface area contributed by atoms with E-state index in [9.17, 15) is 4.79 Å². The summed E-state index contributed by atoms with van der Waals surface area (Å²) in [5, 5.41) is 2.97. The third-order valence-corrected chi connectivity index (χ3v) is 4.99. The zero-order chi connectivity index (χ0) is 19.1. The minimum atomic E-state index is 0. The number of methoxy groups -OCH3 is 1. The van der Waals surface area contributed by atoms with Crippen LogP contribution in [0.4, 0.5) is 5.69 Å². The maximum atomic E-state index is 12.2. The lowest BCUT2D eigenvalue weighted by molar-refractivity contribution is -0.121. The van der Waals surface area contributed by atoms with Gasteiger partial charge >= 0.3 is 0 Å². The molecule has 1 aliphatic rings. The van der Waals surface area contributed by atoms with Crippen molar-refractivity contribution in [1.82, 2.24) is 5.32 Å². The van der Waals surface area contributed by atoms with Gasteiger partial charge in [-0.05, 0) is 61.4 Å². The molecule has 2 aromatic rings. The smallest absolute Gasteiger partial charge is 0.220 e. The van der Waals surface area contributed by atoms with Crippen LogP contribution in [0.1, 0.15) is 43.2 Å². The van der Waals surface area contributed by atoms with Gasteiger partial charge in [-0.25, -0.2) is 0 Å². The summed E-state index contributed by atoms with van der Waals surface area (Å²) in [5.41, 5.74) is 8.66. The van der Waals surface area contributed by atoms with Crippen molar-refractivity contribution >= 4 is 24.0 Å². The second kappa shape index (κ2) is 10.8. The van der Waals surface area contributed by atoms with Crippen molar-refractivity contribution < 1.29 is 14.3 Å². The first kappa shape index (κ1) is 21.9. The first-order valence-corrected chi connectivity index (χ1v) is 9.59. The zero-order valence-electron chi connectivity index (χ0n) is 16.3. The van der Waals surface area contributed by atoms with Crippen LogP contribution in [0.5, 0.6) is 11.5 Å². The Kier molecular flexibility index (Phi) is 8.45. The third kappa shape index (κ3) is 6.06. The van der Waals surface area contributed by atoms with Crippen molar-refractivity contribution in [2.45, 2.75) is 51.2 Å². The average molecular weight is 405 g/mol. The molecule has 6 heteroatoms. The Morgan fingerprint density at radius 3 is 2.61 bits per heavy atom. The number of halogens is 1. The third-order valence-electron chi connectivity index (χ3n) is 4.99. The Bertz CT molecular complexity index is 776. The van der Waals surface area contributed by atoms with Crippen LogP contribution >= 0.6 is 12.4 Å². The number of rotatable bonds is 8. The lowest BCUT2D eigenvalue weighted by atomic mass is 10.1. The summed E-state index contributed by atoms with van der Waals surface area (Å²) in [7, 11) is 1.65. The number of nitrogen functional groups attached to an aromatic ring is 1. The molecule has 0 atom stereocenters. The summed E-state index contributed by atoms with van der Waals surface area (Å²) in [6, 6.07) is 13.5. The van der Waals surface area contributed by atoms with E-state index in [1.807, 2.05) is 42.5 Å². The van der Waals surface area contributed by atoms with Gasteiger partial charge in [-0.15, -0.1) is 12.4 Å². The molecule has 3 N–H and O–H groups in total. The zero-order valence-corrected chi connectivity index (χ0v) is 17.1. The standard InChI is InChI=1S/C22H28N2O3.ClH/c1-26-20-12-10-16(14-21(20)27-18-7-3-4-8-18)15-24-22(25)13-11-17-6-2-5-9-19(17)23;/h2,5-6,9-10,12,14,18H,3-4,7-8,11,13,15,23H2,1H3,(H,24,25);1H. The van der Waals surface area contributed by atoms with Gasteiger partial charge in [0.1, 0.15) is 0 Å². The lowest BCUT2D eigenvalue weighted by Crippen LogP contribution is -2.23. The van der Waals surface area contributed by atoms with Crippen LogP contribution in [-0.2, 0) is 17.8 Å². The molecule has 0 radical (unpaired) electrons. The molecule has 0 aromatic heterocycles. The van der Waals surface area contributed by atoms with Gasteiger partial charge < -0.3 is 20.5 Å². The van der Waals surface area contributed by atoms with Crippen LogP contribution in [0, 0.1) is 0 Å². The first-order valence-electron chi connectivity index (χ1n) is 9.59. The van der Waals surface area contributed by atoms with E-state index in [2.05, 4.69) is 5.32 Å². The molecule has 0 heterocycles. The maximum Gasteiger partial charge on any atom is 0.220 e. The van der Waals surface area contributed by atoms with Crippen molar-refractivity contribution in [3.8, 4) is 11.5 Å². The number of anilines is 1. The lowest BCUT2D eigenvalue weighted by Gasteiger charge is -2.17. The van der Waals surface area contributed by atoms with Crippen LogP contribution < -0.4 is 20.5 Å². The van der Waals surface area contributed by atoms with Crippen molar-refractivity contribution in [1.29, 1.82) is 0 Å². The topological polar surface area (TPSA) is 73.6 Å². The van der Waals surface area contributed by atoms with Gasteiger partial charge in [-0.2, -0.15) is 0 Å². The highest BCUT2D eigenvalue weighted by Crippen LogP contribution is 2.32. The van der Waals surface area contributed by atoms with E-state index in [1.54, 1.807) is 7.11 Å². The fraction of sp³-hybridized carbons (Fsp3) is 0.409. The van der Waals surface area contributed by atoms with E-state index in [-0.39, 0.29) is 24.4 Å². The summed E-state index contributed by atoms with van der Waals surface area (Å²) in [6.45, 7) is 0.466. The molecular formula is C22H29ClN2O3. The minimum Gasteiger partial charge on any atom is -0.493 e. The van der Waals surface area contributed by atoms with Gasteiger partial charge in [-0.3, -0.25) is 4.79 Å². The molecule has 1 saturated carbocycles. The number of benzene rings is 2. The number of carbonyl (C=O) groups excluding carboxylic acids is 1. The van der Waals surface area contributed by atoms with Crippen molar-refractivity contribution in [3.63, 3.8) is 0 Å². The molecule has 0 saturated heterocycles. The van der Waals surface area contributed by atoms with Gasteiger partial charge in [0.15, 0.2) is 11.5 Å². The van der Waals surface area contributed by atoms with E-state index in [0.717, 1.165) is 41.2 Å². The number of aryl methyl sites for hydroxylation is 1. The molecule has 0 aliphatic heterocycles. The summed E-state index contributed by atoms with van der Waals surface area (Å²) >= 11 is 0. The molecule has 0 unspecified atom stereocenters. The predicted molar refractivity (Wildman–Crippen MR) is 114 cm³/mol. The van der Waals surface area contributed by atoms with Crippen LogP contribution in [-0.4, -0.2) is 19.1 Å². The normalized spacial score (nSPS) is 13.6. The molecule has 1 fully saturated rings. The second-order valence-corrected chi connectivity index (χ2v) is 6.99. The molecule has 5 nitrogen and oxygen atoms in total. The quantitative estimate of drug-likeness (QED) is 0.644. The number of hydrogen-bond acceptors (Lipinski definition) is 4. The van der Waals surface area contributed by atoms with E-state index in [0.29, 0.717) is 19.4 Å². The highest BCUT2D eigenvalue weighted by Gasteiger charge is 2.18. The highest BCUT2D eigenvalue weighted by atomic mass is 35.5. The molecule has 0 spiro atoms. The number of nitrogens with two attached hydrogens (primary N) is 1. The average Bonchev–Trinajstić information content (AvgIpc) is 3.19. The van der Waals surface area contributed by atoms with E-state index < -0.39 is 0 Å². The summed E-state index contributed by atoms with van der Waals surface area (Å²) < 4.78 is 11.5. The Morgan fingerprint density at radius 2 is 1.89 bits per heavy atom. The number of para-hydroxylation sites is 1. The minimum absolute atomic E-state index is 0. The summed E-state index contributed by atoms with van der Waals surface area (Å²) in [6.07, 6.45) is 5.93. The molecule has 28 heavy (non-hydrogen) atoms. The van der Waals surface area contributed by atoms with E-state index in [4.69, 9.17) is 15.2 Å². The Hall–Kier alpha value is -2.40. The molecule has 152 valence electrons.